The zero-order valence-electron chi connectivity index (χ0n) is 9.85. The molecule has 1 unspecified atom stereocenters. The smallest absolute Gasteiger partial charge is 0.327 e. The van der Waals surface area contributed by atoms with Crippen LogP contribution in [0.1, 0.15) is 11.6 Å². The summed E-state index contributed by atoms with van der Waals surface area (Å²) in [6.07, 6.45) is 0. The zero-order valence-corrected chi connectivity index (χ0v) is 9.85. The minimum atomic E-state index is -0.360. The third-order valence-corrected chi connectivity index (χ3v) is 2.78. The van der Waals surface area contributed by atoms with Crippen LogP contribution in [-0.2, 0) is 9.53 Å². The first kappa shape index (κ1) is 12.0. The summed E-state index contributed by atoms with van der Waals surface area (Å²) in [6.45, 7) is 2.10. The van der Waals surface area contributed by atoms with E-state index in [9.17, 15) is 4.79 Å². The standard InChI is InChI=1S/C12H17N3O2/c1-17-12(16)11(10-5-3-2-4-6-10)15-8-13-7-14-9-15/h2-6,11,13-14H,7-9H2,1H3. The SMILES string of the molecule is COC(=O)C(c1ccccc1)N1CNCNC1. The molecule has 1 aromatic carbocycles. The summed E-state index contributed by atoms with van der Waals surface area (Å²) in [5, 5.41) is 6.34. The molecule has 1 aliphatic heterocycles. The highest BCUT2D eigenvalue weighted by Crippen LogP contribution is 2.21. The molecule has 92 valence electrons. The van der Waals surface area contributed by atoms with Gasteiger partial charge in [0.25, 0.3) is 0 Å². The Morgan fingerprint density at radius 1 is 1.29 bits per heavy atom. The van der Waals surface area contributed by atoms with Gasteiger partial charge in [0.1, 0.15) is 6.04 Å². The molecule has 2 N–H and O–H groups in total. The molecule has 0 saturated carbocycles. The first-order valence-corrected chi connectivity index (χ1v) is 5.61. The summed E-state index contributed by atoms with van der Waals surface area (Å²) < 4.78 is 4.88. The van der Waals surface area contributed by atoms with E-state index in [2.05, 4.69) is 10.6 Å². The van der Waals surface area contributed by atoms with Crippen molar-refractivity contribution in [2.24, 2.45) is 0 Å². The molecule has 0 spiro atoms. The van der Waals surface area contributed by atoms with Crippen molar-refractivity contribution >= 4 is 5.97 Å². The van der Waals surface area contributed by atoms with E-state index in [1.807, 2.05) is 35.2 Å². The molecule has 17 heavy (non-hydrogen) atoms. The number of carbonyl (C=O) groups is 1. The molecule has 5 nitrogen and oxygen atoms in total. The summed E-state index contributed by atoms with van der Waals surface area (Å²) in [4.78, 5) is 13.9. The van der Waals surface area contributed by atoms with Crippen LogP contribution < -0.4 is 10.6 Å². The largest absolute Gasteiger partial charge is 0.468 e. The molecule has 2 rings (SSSR count). The summed E-state index contributed by atoms with van der Waals surface area (Å²) in [5.74, 6) is -0.235. The van der Waals surface area contributed by atoms with Crippen molar-refractivity contribution < 1.29 is 9.53 Å². The third kappa shape index (κ3) is 2.82. The first-order valence-electron chi connectivity index (χ1n) is 5.61. The molecular weight excluding hydrogens is 218 g/mol. The lowest BCUT2D eigenvalue weighted by Gasteiger charge is -2.33. The Morgan fingerprint density at radius 3 is 2.53 bits per heavy atom. The Hall–Kier alpha value is -1.43. The minimum Gasteiger partial charge on any atom is -0.468 e. The molecule has 0 aliphatic carbocycles. The fourth-order valence-corrected chi connectivity index (χ4v) is 1.97. The first-order chi connectivity index (χ1) is 8.33. The average Bonchev–Trinajstić information content (AvgIpc) is 2.41. The molecule has 5 heteroatoms. The number of methoxy groups -OCH3 is 1. The number of hydrogen-bond donors (Lipinski definition) is 2. The van der Waals surface area contributed by atoms with Crippen molar-refractivity contribution in [3.8, 4) is 0 Å². The van der Waals surface area contributed by atoms with Crippen LogP contribution in [0.25, 0.3) is 0 Å². The number of esters is 1. The molecule has 1 atom stereocenters. The maximum absolute atomic E-state index is 11.9. The molecular formula is C12H17N3O2. The van der Waals surface area contributed by atoms with E-state index >= 15 is 0 Å². The fraction of sp³-hybridized carbons (Fsp3) is 0.417. The maximum atomic E-state index is 11.9. The Labute approximate surface area is 101 Å². The predicted molar refractivity (Wildman–Crippen MR) is 63.9 cm³/mol. The normalized spacial score (nSPS) is 18.6. The molecule has 0 aromatic heterocycles. The Balaban J connectivity index is 2.21. The third-order valence-electron chi connectivity index (χ3n) is 2.78. The summed E-state index contributed by atoms with van der Waals surface area (Å²) >= 11 is 0. The van der Waals surface area contributed by atoms with Gasteiger partial charge in [-0.1, -0.05) is 30.3 Å². The maximum Gasteiger partial charge on any atom is 0.327 e. The molecule has 1 aromatic rings. The van der Waals surface area contributed by atoms with Gasteiger partial charge in [0.15, 0.2) is 0 Å². The Morgan fingerprint density at radius 2 is 1.94 bits per heavy atom. The van der Waals surface area contributed by atoms with Crippen LogP contribution in [0.15, 0.2) is 30.3 Å². The van der Waals surface area contributed by atoms with E-state index in [0.29, 0.717) is 13.3 Å². The van der Waals surface area contributed by atoms with Crippen LogP contribution in [0, 0.1) is 0 Å². The molecule has 1 heterocycles. The summed E-state index contributed by atoms with van der Waals surface area (Å²) in [7, 11) is 1.42. The number of nitrogens with zero attached hydrogens (tertiary/aromatic N) is 1. The molecule has 1 saturated heterocycles. The molecule has 0 radical (unpaired) electrons. The van der Waals surface area contributed by atoms with Crippen LogP contribution in [0.5, 0.6) is 0 Å². The quantitative estimate of drug-likeness (QED) is 0.736. The van der Waals surface area contributed by atoms with Crippen LogP contribution in [0.3, 0.4) is 0 Å². The molecule has 0 amide bonds. The van der Waals surface area contributed by atoms with Gasteiger partial charge in [0, 0.05) is 6.67 Å². The molecule has 0 bridgehead atoms. The lowest BCUT2D eigenvalue weighted by atomic mass is 10.1. The van der Waals surface area contributed by atoms with E-state index in [1.165, 1.54) is 7.11 Å². The van der Waals surface area contributed by atoms with Crippen molar-refractivity contribution in [2.75, 3.05) is 27.1 Å². The Bertz CT molecular complexity index is 363. The summed E-state index contributed by atoms with van der Waals surface area (Å²) in [5.41, 5.74) is 0.949. The zero-order chi connectivity index (χ0) is 12.1. The van der Waals surface area contributed by atoms with Crippen LogP contribution in [0.2, 0.25) is 0 Å². The van der Waals surface area contributed by atoms with E-state index in [4.69, 9.17) is 4.74 Å². The van der Waals surface area contributed by atoms with Gasteiger partial charge in [0.05, 0.1) is 20.4 Å². The number of rotatable bonds is 3. The van der Waals surface area contributed by atoms with Gasteiger partial charge in [-0.2, -0.15) is 0 Å². The van der Waals surface area contributed by atoms with Crippen molar-refractivity contribution in [3.05, 3.63) is 35.9 Å². The number of ether oxygens (including phenoxy) is 1. The highest BCUT2D eigenvalue weighted by Gasteiger charge is 2.29. The highest BCUT2D eigenvalue weighted by molar-refractivity contribution is 5.77. The van der Waals surface area contributed by atoms with E-state index in [-0.39, 0.29) is 12.0 Å². The van der Waals surface area contributed by atoms with Crippen LogP contribution >= 0.6 is 0 Å². The fourth-order valence-electron chi connectivity index (χ4n) is 1.97. The van der Waals surface area contributed by atoms with Crippen LogP contribution in [0.4, 0.5) is 0 Å². The minimum absolute atomic E-state index is 0.235. The van der Waals surface area contributed by atoms with Crippen molar-refractivity contribution in [1.29, 1.82) is 0 Å². The predicted octanol–water partition coefficient (Wildman–Crippen LogP) is 0.268. The molecule has 1 aliphatic rings. The van der Waals surface area contributed by atoms with Gasteiger partial charge >= 0.3 is 5.97 Å². The second-order valence-electron chi connectivity index (χ2n) is 3.92. The van der Waals surface area contributed by atoms with Gasteiger partial charge in [-0.3, -0.25) is 15.5 Å². The number of nitrogens with one attached hydrogen (secondary N) is 2. The average molecular weight is 235 g/mol. The monoisotopic (exact) mass is 235 g/mol. The van der Waals surface area contributed by atoms with Gasteiger partial charge in [-0.05, 0) is 5.56 Å². The van der Waals surface area contributed by atoms with Crippen LogP contribution in [-0.4, -0.2) is 38.0 Å². The summed E-state index contributed by atoms with van der Waals surface area (Å²) in [6, 6.07) is 9.31. The number of carbonyl (C=O) groups excluding carboxylic acids is 1. The number of hydrogen-bond acceptors (Lipinski definition) is 5. The van der Waals surface area contributed by atoms with E-state index in [0.717, 1.165) is 12.2 Å². The van der Waals surface area contributed by atoms with Gasteiger partial charge < -0.3 is 4.74 Å². The van der Waals surface area contributed by atoms with Crippen molar-refractivity contribution in [3.63, 3.8) is 0 Å². The second-order valence-corrected chi connectivity index (χ2v) is 3.92. The highest BCUT2D eigenvalue weighted by atomic mass is 16.5. The molecule has 1 fully saturated rings. The van der Waals surface area contributed by atoms with Crippen molar-refractivity contribution in [1.82, 2.24) is 15.5 Å². The van der Waals surface area contributed by atoms with Gasteiger partial charge in [-0.25, -0.2) is 4.79 Å². The topological polar surface area (TPSA) is 53.6 Å². The Kier molecular flexibility index (Phi) is 4.08. The van der Waals surface area contributed by atoms with Crippen molar-refractivity contribution in [2.45, 2.75) is 6.04 Å². The lowest BCUT2D eigenvalue weighted by molar-refractivity contribution is -0.148. The van der Waals surface area contributed by atoms with E-state index < -0.39 is 0 Å². The lowest BCUT2D eigenvalue weighted by Crippen LogP contribution is -2.53. The second kappa shape index (κ2) is 5.77. The van der Waals surface area contributed by atoms with Gasteiger partial charge in [-0.15, -0.1) is 0 Å². The van der Waals surface area contributed by atoms with Gasteiger partial charge in [0.2, 0.25) is 0 Å². The van der Waals surface area contributed by atoms with E-state index in [1.54, 1.807) is 0 Å². The number of benzene rings is 1.